The predicted molar refractivity (Wildman–Crippen MR) is 124 cm³/mol. The standard InChI is InChI=1S/C25H24N2O5S/c1-26(16-20-17-31-23-11-4-5-12-24(23)32-20)25(28)19-8-6-9-21(15-19)33(29,30)27-14-13-18-7-2-3-10-22(18)27/h2-12,15,20H,13-14,16-17H2,1H3/t20-/m0/s1. The molecule has 5 rings (SSSR count). The Labute approximate surface area is 193 Å². The third kappa shape index (κ3) is 4.02. The van der Waals surface area contributed by atoms with Crippen LogP contribution >= 0.6 is 0 Å². The molecule has 33 heavy (non-hydrogen) atoms. The van der Waals surface area contributed by atoms with Crippen molar-refractivity contribution >= 4 is 21.6 Å². The van der Waals surface area contributed by atoms with Gasteiger partial charge in [-0.3, -0.25) is 9.10 Å². The van der Waals surface area contributed by atoms with E-state index in [1.807, 2.05) is 48.5 Å². The largest absolute Gasteiger partial charge is 0.486 e. The Bertz CT molecular complexity index is 1310. The van der Waals surface area contributed by atoms with Gasteiger partial charge < -0.3 is 14.4 Å². The minimum absolute atomic E-state index is 0.102. The van der Waals surface area contributed by atoms with Crippen molar-refractivity contribution in [1.82, 2.24) is 4.90 Å². The quantitative estimate of drug-likeness (QED) is 0.579. The summed E-state index contributed by atoms with van der Waals surface area (Å²) in [5, 5.41) is 0. The molecule has 1 amide bonds. The highest BCUT2D eigenvalue weighted by Gasteiger charge is 2.31. The van der Waals surface area contributed by atoms with Crippen LogP contribution in [0, 0.1) is 0 Å². The number of anilines is 1. The Morgan fingerprint density at radius 1 is 1.03 bits per heavy atom. The van der Waals surface area contributed by atoms with E-state index in [4.69, 9.17) is 9.47 Å². The van der Waals surface area contributed by atoms with Gasteiger partial charge in [0.2, 0.25) is 0 Å². The van der Waals surface area contributed by atoms with Crippen molar-refractivity contribution in [3.8, 4) is 11.5 Å². The van der Waals surface area contributed by atoms with E-state index in [1.54, 1.807) is 19.2 Å². The molecule has 0 aliphatic carbocycles. The summed E-state index contributed by atoms with van der Waals surface area (Å²) in [4.78, 5) is 14.7. The first-order valence-corrected chi connectivity index (χ1v) is 12.2. The average molecular weight is 465 g/mol. The zero-order valence-electron chi connectivity index (χ0n) is 18.2. The van der Waals surface area contributed by atoms with Gasteiger partial charge >= 0.3 is 0 Å². The fourth-order valence-electron chi connectivity index (χ4n) is 4.24. The summed E-state index contributed by atoms with van der Waals surface area (Å²) in [6, 6.07) is 21.1. The number of hydrogen-bond donors (Lipinski definition) is 0. The number of likely N-dealkylation sites (N-methyl/N-ethyl adjacent to an activating group) is 1. The van der Waals surface area contributed by atoms with Crippen LogP contribution in [0.25, 0.3) is 0 Å². The first kappa shape index (κ1) is 21.3. The van der Waals surface area contributed by atoms with E-state index >= 15 is 0 Å². The van der Waals surface area contributed by atoms with Crippen molar-refractivity contribution < 1.29 is 22.7 Å². The van der Waals surface area contributed by atoms with Crippen LogP contribution < -0.4 is 13.8 Å². The Hall–Kier alpha value is -3.52. The number of amides is 1. The lowest BCUT2D eigenvalue weighted by Crippen LogP contribution is -2.41. The maximum atomic E-state index is 13.3. The molecule has 2 aliphatic rings. The second-order valence-corrected chi connectivity index (χ2v) is 10.0. The number of sulfonamides is 1. The Kier molecular flexibility index (Phi) is 5.46. The molecule has 7 nitrogen and oxygen atoms in total. The van der Waals surface area contributed by atoms with Crippen molar-refractivity contribution in [1.29, 1.82) is 0 Å². The number of benzene rings is 3. The Morgan fingerprint density at radius 3 is 2.64 bits per heavy atom. The molecule has 0 bridgehead atoms. The van der Waals surface area contributed by atoms with Crippen molar-refractivity contribution in [2.24, 2.45) is 0 Å². The third-order valence-corrected chi connectivity index (χ3v) is 7.71. The van der Waals surface area contributed by atoms with Crippen molar-refractivity contribution in [2.75, 3.05) is 31.0 Å². The fourth-order valence-corrected chi connectivity index (χ4v) is 5.79. The molecule has 1 atom stereocenters. The van der Waals surface area contributed by atoms with Crippen molar-refractivity contribution in [2.45, 2.75) is 17.4 Å². The maximum Gasteiger partial charge on any atom is 0.264 e. The smallest absolute Gasteiger partial charge is 0.264 e. The normalized spacial score (nSPS) is 16.9. The van der Waals surface area contributed by atoms with Crippen LogP contribution in [0.3, 0.4) is 0 Å². The van der Waals surface area contributed by atoms with Crippen LogP contribution in [0.4, 0.5) is 5.69 Å². The van der Waals surface area contributed by atoms with Gasteiger partial charge in [0.05, 0.1) is 17.1 Å². The van der Waals surface area contributed by atoms with Crippen LogP contribution in [-0.4, -0.2) is 52.1 Å². The summed E-state index contributed by atoms with van der Waals surface area (Å²) in [5.74, 6) is 1.05. The summed E-state index contributed by atoms with van der Waals surface area (Å²) >= 11 is 0. The molecular weight excluding hydrogens is 440 g/mol. The van der Waals surface area contributed by atoms with Crippen LogP contribution in [0.5, 0.6) is 11.5 Å². The van der Waals surface area contributed by atoms with Gasteiger partial charge in [0.15, 0.2) is 17.6 Å². The van der Waals surface area contributed by atoms with E-state index < -0.39 is 10.0 Å². The van der Waals surface area contributed by atoms with Gasteiger partial charge in [0.25, 0.3) is 15.9 Å². The topological polar surface area (TPSA) is 76.1 Å². The van der Waals surface area contributed by atoms with Crippen LogP contribution in [0.1, 0.15) is 15.9 Å². The molecule has 0 saturated heterocycles. The zero-order valence-corrected chi connectivity index (χ0v) is 19.0. The maximum absolute atomic E-state index is 13.3. The molecule has 0 radical (unpaired) electrons. The summed E-state index contributed by atoms with van der Waals surface area (Å²) in [7, 11) is -2.11. The van der Waals surface area contributed by atoms with Crippen molar-refractivity contribution in [3.63, 3.8) is 0 Å². The molecule has 3 aromatic carbocycles. The van der Waals surface area contributed by atoms with Gasteiger partial charge in [-0.2, -0.15) is 0 Å². The molecule has 0 fully saturated rings. The minimum Gasteiger partial charge on any atom is -0.486 e. The molecule has 0 N–H and O–H groups in total. The van der Waals surface area contributed by atoms with E-state index in [9.17, 15) is 13.2 Å². The monoisotopic (exact) mass is 464 g/mol. The first-order chi connectivity index (χ1) is 15.9. The van der Waals surface area contributed by atoms with E-state index in [1.165, 1.54) is 21.3 Å². The number of carbonyl (C=O) groups excluding carboxylic acids is 1. The Morgan fingerprint density at radius 2 is 1.79 bits per heavy atom. The number of fused-ring (bicyclic) bond motifs is 2. The van der Waals surface area contributed by atoms with E-state index in [0.717, 1.165) is 5.56 Å². The lowest BCUT2D eigenvalue weighted by molar-refractivity contribution is 0.0521. The highest BCUT2D eigenvalue weighted by Crippen LogP contribution is 2.33. The van der Waals surface area contributed by atoms with E-state index in [0.29, 0.717) is 48.9 Å². The highest BCUT2D eigenvalue weighted by atomic mass is 32.2. The van der Waals surface area contributed by atoms with Crippen LogP contribution in [0.15, 0.2) is 77.7 Å². The van der Waals surface area contributed by atoms with Gasteiger partial charge in [-0.15, -0.1) is 0 Å². The van der Waals surface area contributed by atoms with Gasteiger partial charge in [0.1, 0.15) is 6.61 Å². The number of ether oxygens (including phenoxy) is 2. The SMILES string of the molecule is CN(C[C@H]1COc2ccccc2O1)C(=O)c1cccc(S(=O)(=O)N2CCc3ccccc32)c1. The molecule has 170 valence electrons. The lowest BCUT2D eigenvalue weighted by Gasteiger charge is -2.29. The molecule has 0 saturated carbocycles. The number of rotatable bonds is 5. The molecule has 0 unspecified atom stereocenters. The summed E-state index contributed by atoms with van der Waals surface area (Å²) < 4.78 is 39.8. The zero-order chi connectivity index (χ0) is 23.0. The molecule has 0 spiro atoms. The first-order valence-electron chi connectivity index (χ1n) is 10.8. The predicted octanol–water partition coefficient (Wildman–Crippen LogP) is 3.35. The van der Waals surface area contributed by atoms with Crippen molar-refractivity contribution in [3.05, 3.63) is 83.9 Å². The number of para-hydroxylation sites is 3. The molecule has 2 aliphatic heterocycles. The van der Waals surface area contributed by atoms with E-state index in [-0.39, 0.29) is 16.9 Å². The van der Waals surface area contributed by atoms with E-state index in [2.05, 4.69) is 0 Å². The summed E-state index contributed by atoms with van der Waals surface area (Å²) in [6.07, 6.45) is 0.352. The second kappa shape index (κ2) is 8.44. The number of hydrogen-bond acceptors (Lipinski definition) is 5. The average Bonchev–Trinajstić information content (AvgIpc) is 3.29. The molecular formula is C25H24N2O5S. The fraction of sp³-hybridized carbons (Fsp3) is 0.240. The van der Waals surface area contributed by atoms with Gasteiger partial charge in [-0.05, 0) is 48.4 Å². The molecule has 2 heterocycles. The van der Waals surface area contributed by atoms with Crippen LogP contribution in [-0.2, 0) is 16.4 Å². The van der Waals surface area contributed by atoms with Crippen LogP contribution in [0.2, 0.25) is 0 Å². The highest BCUT2D eigenvalue weighted by molar-refractivity contribution is 7.92. The molecule has 0 aromatic heterocycles. The summed E-state index contributed by atoms with van der Waals surface area (Å²) in [6.45, 7) is 1.03. The number of carbonyl (C=O) groups is 1. The molecule has 3 aromatic rings. The van der Waals surface area contributed by atoms with Gasteiger partial charge in [0, 0.05) is 19.2 Å². The number of nitrogens with zero attached hydrogens (tertiary/aromatic N) is 2. The lowest BCUT2D eigenvalue weighted by atomic mass is 10.2. The Balaban J connectivity index is 1.32. The summed E-state index contributed by atoms with van der Waals surface area (Å²) in [5.41, 5.74) is 2.01. The van der Waals surface area contributed by atoms with Gasteiger partial charge in [-0.25, -0.2) is 8.42 Å². The third-order valence-electron chi connectivity index (χ3n) is 5.91. The minimum atomic E-state index is -3.78. The molecule has 8 heteroatoms. The second-order valence-electron chi connectivity index (χ2n) is 8.17. The van der Waals surface area contributed by atoms with Gasteiger partial charge in [-0.1, -0.05) is 36.4 Å².